The maximum Gasteiger partial charge on any atom is 0.296 e. The number of para-hydroxylation sites is 1. The van der Waals surface area contributed by atoms with Gasteiger partial charge in [-0.05, 0) is 30.7 Å². The van der Waals surface area contributed by atoms with Gasteiger partial charge in [0.25, 0.3) is 17.6 Å². The zero-order valence-corrected chi connectivity index (χ0v) is 19.9. The number of carbonyl (C=O) groups excluding carboxylic acids is 3. The lowest BCUT2D eigenvalue weighted by molar-refractivity contribution is -0.143. The summed E-state index contributed by atoms with van der Waals surface area (Å²) in [6.45, 7) is 5.07. The average molecular weight is 491 g/mol. The number of ether oxygens (including phenoxy) is 3. The van der Waals surface area contributed by atoms with Crippen LogP contribution in [-0.4, -0.2) is 67.6 Å². The first kappa shape index (κ1) is 23.6. The molecule has 3 aliphatic rings. The molecule has 0 aromatic heterocycles. The van der Waals surface area contributed by atoms with Crippen LogP contribution in [0.15, 0.2) is 60.7 Å². The summed E-state index contributed by atoms with van der Waals surface area (Å²) in [6.07, 6.45) is 1.97. The second-order valence-electron chi connectivity index (χ2n) is 8.65. The average Bonchev–Trinajstić information content (AvgIpc) is 3.27. The Morgan fingerprint density at radius 3 is 2.64 bits per heavy atom. The van der Waals surface area contributed by atoms with Gasteiger partial charge in [0.2, 0.25) is 0 Å². The maximum absolute atomic E-state index is 14.2. The van der Waals surface area contributed by atoms with Crippen molar-refractivity contribution in [2.75, 3.05) is 44.9 Å². The summed E-state index contributed by atoms with van der Waals surface area (Å²) in [6, 6.07) is 11.7. The quantitative estimate of drug-likeness (QED) is 0.209. The van der Waals surface area contributed by atoms with E-state index in [9.17, 15) is 19.5 Å². The number of aliphatic hydroxyl groups excluding tert-OH is 1. The van der Waals surface area contributed by atoms with E-state index in [1.165, 1.54) is 16.9 Å². The Bertz CT molecular complexity index is 1300. The first-order valence-electron chi connectivity index (χ1n) is 11.7. The Balaban J connectivity index is 1.76. The van der Waals surface area contributed by atoms with Gasteiger partial charge in [0.05, 0.1) is 11.3 Å². The lowest BCUT2D eigenvalue weighted by atomic mass is 9.81. The zero-order valence-electron chi connectivity index (χ0n) is 19.9. The largest absolute Gasteiger partial charge is 0.507 e. The molecule has 3 heterocycles. The van der Waals surface area contributed by atoms with E-state index in [2.05, 4.69) is 6.58 Å². The van der Waals surface area contributed by atoms with Crippen molar-refractivity contribution in [2.45, 2.75) is 12.0 Å². The van der Waals surface area contributed by atoms with E-state index in [0.717, 1.165) is 0 Å². The second kappa shape index (κ2) is 9.16. The van der Waals surface area contributed by atoms with E-state index in [4.69, 9.17) is 14.2 Å². The van der Waals surface area contributed by atoms with Crippen LogP contribution in [0.4, 0.5) is 5.69 Å². The summed E-state index contributed by atoms with van der Waals surface area (Å²) in [5, 5.41) is 11.6. The van der Waals surface area contributed by atoms with E-state index in [-0.39, 0.29) is 24.2 Å². The van der Waals surface area contributed by atoms with E-state index in [0.29, 0.717) is 49.0 Å². The van der Waals surface area contributed by atoms with Crippen LogP contribution in [0.2, 0.25) is 0 Å². The predicted molar refractivity (Wildman–Crippen MR) is 131 cm³/mol. The Morgan fingerprint density at radius 1 is 1.14 bits per heavy atom. The fourth-order valence-electron chi connectivity index (χ4n) is 5.18. The molecule has 5 rings (SSSR count). The number of rotatable bonds is 7. The molecule has 186 valence electrons. The highest BCUT2D eigenvalue weighted by Gasteiger charge is 2.66. The van der Waals surface area contributed by atoms with Crippen molar-refractivity contribution in [3.05, 3.63) is 71.8 Å². The van der Waals surface area contributed by atoms with Gasteiger partial charge in [-0.2, -0.15) is 0 Å². The molecule has 9 nitrogen and oxygen atoms in total. The van der Waals surface area contributed by atoms with Crippen LogP contribution < -0.4 is 14.4 Å². The molecule has 0 unspecified atom stereocenters. The number of nitrogens with zero attached hydrogens (tertiary/aromatic N) is 2. The molecule has 0 bridgehead atoms. The van der Waals surface area contributed by atoms with Crippen molar-refractivity contribution in [3.8, 4) is 11.5 Å². The maximum atomic E-state index is 14.2. The van der Waals surface area contributed by atoms with Crippen molar-refractivity contribution in [3.63, 3.8) is 0 Å². The summed E-state index contributed by atoms with van der Waals surface area (Å²) in [7, 11) is 1.54. The molecule has 0 saturated carbocycles. The van der Waals surface area contributed by atoms with Crippen molar-refractivity contribution >= 4 is 29.0 Å². The lowest BCUT2D eigenvalue weighted by Crippen LogP contribution is -2.52. The van der Waals surface area contributed by atoms with Crippen LogP contribution in [-0.2, 0) is 24.7 Å². The molecular formula is C27H26N2O7. The smallest absolute Gasteiger partial charge is 0.296 e. The monoisotopic (exact) mass is 490 g/mol. The summed E-state index contributed by atoms with van der Waals surface area (Å²) >= 11 is 0. The lowest BCUT2D eigenvalue weighted by Gasteiger charge is -2.34. The number of hydrogen-bond donors (Lipinski definition) is 1. The Labute approximate surface area is 208 Å². The number of fused-ring (bicyclic) bond motifs is 3. The SMILES string of the molecule is C=CCN1C(=O)[C@@]2(C(=C(O)c3ccc4c(c3)OCCO4)C(=O)C(=O)N2CCCOC)c2ccccc21. The highest BCUT2D eigenvalue weighted by atomic mass is 16.6. The molecule has 1 saturated heterocycles. The Kier molecular flexibility index (Phi) is 6.01. The van der Waals surface area contributed by atoms with E-state index in [1.54, 1.807) is 48.5 Å². The van der Waals surface area contributed by atoms with Crippen LogP contribution in [0.1, 0.15) is 17.5 Å². The Morgan fingerprint density at radius 2 is 1.89 bits per heavy atom. The molecule has 3 aliphatic heterocycles. The fourth-order valence-corrected chi connectivity index (χ4v) is 5.18. The van der Waals surface area contributed by atoms with Gasteiger partial charge in [0.15, 0.2) is 17.0 Å². The number of amides is 2. The molecule has 1 atom stereocenters. The van der Waals surface area contributed by atoms with Gasteiger partial charge < -0.3 is 29.1 Å². The molecule has 0 aliphatic carbocycles. The third-order valence-electron chi connectivity index (χ3n) is 6.67. The van der Waals surface area contributed by atoms with Gasteiger partial charge in [0.1, 0.15) is 19.0 Å². The second-order valence-corrected chi connectivity index (χ2v) is 8.65. The van der Waals surface area contributed by atoms with Crippen molar-refractivity contribution in [2.24, 2.45) is 0 Å². The first-order valence-corrected chi connectivity index (χ1v) is 11.7. The van der Waals surface area contributed by atoms with Gasteiger partial charge in [-0.15, -0.1) is 6.58 Å². The minimum Gasteiger partial charge on any atom is -0.507 e. The molecule has 1 spiro atoms. The summed E-state index contributed by atoms with van der Waals surface area (Å²) in [4.78, 5) is 43.9. The van der Waals surface area contributed by atoms with Crippen LogP contribution in [0.25, 0.3) is 5.76 Å². The van der Waals surface area contributed by atoms with Crippen molar-refractivity contribution in [1.82, 2.24) is 4.90 Å². The van der Waals surface area contributed by atoms with Gasteiger partial charge in [-0.3, -0.25) is 14.4 Å². The first-order chi connectivity index (χ1) is 17.5. The summed E-state index contributed by atoms with van der Waals surface area (Å²) < 4.78 is 16.3. The number of carbonyl (C=O) groups is 3. The predicted octanol–water partition coefficient (Wildman–Crippen LogP) is 2.60. The van der Waals surface area contributed by atoms with E-state index in [1.807, 2.05) is 0 Å². The molecule has 1 N–H and O–H groups in total. The zero-order chi connectivity index (χ0) is 25.4. The number of Topliss-reactive ketones (excluding diaryl/α,β-unsaturated/α-hetero) is 1. The number of methoxy groups -OCH3 is 1. The van der Waals surface area contributed by atoms with Gasteiger partial charge in [-0.1, -0.05) is 24.3 Å². The minimum atomic E-state index is -1.82. The molecular weight excluding hydrogens is 464 g/mol. The van der Waals surface area contributed by atoms with E-state index < -0.39 is 28.9 Å². The number of aliphatic hydroxyl groups is 1. The van der Waals surface area contributed by atoms with Crippen LogP contribution in [0, 0.1) is 0 Å². The summed E-state index contributed by atoms with van der Waals surface area (Å²) in [5.41, 5.74) is -0.855. The topological polar surface area (TPSA) is 106 Å². The number of likely N-dealkylation sites (tertiary alicyclic amines) is 1. The van der Waals surface area contributed by atoms with E-state index >= 15 is 0 Å². The van der Waals surface area contributed by atoms with Gasteiger partial charge in [0, 0.05) is 37.9 Å². The standard InChI is InChI=1S/C27H26N2O7/c1-3-11-28-19-8-5-4-7-18(19)27(26(28)33)22(24(31)25(32)29(27)12-6-13-34-2)23(30)17-9-10-20-21(16-17)36-15-14-35-20/h3-5,7-10,16,30H,1,6,11-15H2,2H3/t27-/m0/s1. The minimum absolute atomic E-state index is 0.0817. The van der Waals surface area contributed by atoms with Crippen LogP contribution in [0.5, 0.6) is 11.5 Å². The molecule has 2 aromatic rings. The third kappa shape index (κ3) is 3.30. The number of anilines is 1. The van der Waals surface area contributed by atoms with Gasteiger partial charge >= 0.3 is 0 Å². The molecule has 9 heteroatoms. The fraction of sp³-hybridized carbons (Fsp3) is 0.296. The van der Waals surface area contributed by atoms with Crippen LogP contribution in [0.3, 0.4) is 0 Å². The number of hydrogen-bond acceptors (Lipinski definition) is 7. The summed E-state index contributed by atoms with van der Waals surface area (Å²) in [5.74, 6) is -1.83. The van der Waals surface area contributed by atoms with Crippen molar-refractivity contribution < 1.29 is 33.7 Å². The van der Waals surface area contributed by atoms with Gasteiger partial charge in [-0.25, -0.2) is 0 Å². The molecule has 36 heavy (non-hydrogen) atoms. The molecule has 1 fully saturated rings. The Hall–Kier alpha value is -4.11. The van der Waals surface area contributed by atoms with Crippen molar-refractivity contribution in [1.29, 1.82) is 0 Å². The highest BCUT2D eigenvalue weighted by Crippen LogP contribution is 2.53. The van der Waals surface area contributed by atoms with Crippen LogP contribution >= 0.6 is 0 Å². The number of benzene rings is 2. The number of ketones is 1. The molecule has 0 radical (unpaired) electrons. The molecule has 2 amide bonds. The third-order valence-corrected chi connectivity index (χ3v) is 6.67. The normalized spacial score (nSPS) is 21.9. The molecule has 2 aromatic carbocycles. The highest BCUT2D eigenvalue weighted by molar-refractivity contribution is 6.50.